The van der Waals surface area contributed by atoms with Gasteiger partial charge in [-0.2, -0.15) is 0 Å². The van der Waals surface area contributed by atoms with Gasteiger partial charge in [0.25, 0.3) is 0 Å². The van der Waals surface area contributed by atoms with Crippen LogP contribution in [0.1, 0.15) is 24.1 Å². The smallest absolute Gasteiger partial charge is 0.0868 e. The van der Waals surface area contributed by atoms with Gasteiger partial charge in [0, 0.05) is 25.7 Å². The molecule has 1 aromatic carbocycles. The highest BCUT2D eigenvalue weighted by atomic mass is 79.9. The molecule has 1 aliphatic carbocycles. The number of halogens is 3. The van der Waals surface area contributed by atoms with Gasteiger partial charge in [0.2, 0.25) is 0 Å². The minimum atomic E-state index is 0. The molecule has 0 amide bonds. The van der Waals surface area contributed by atoms with Crippen LogP contribution >= 0.6 is 44.3 Å². The quantitative estimate of drug-likeness (QED) is 0.709. The maximum absolute atomic E-state index is 6.30. The molecule has 18 heavy (non-hydrogen) atoms. The lowest BCUT2D eigenvalue weighted by atomic mass is 9.93. The second-order valence-corrected chi connectivity index (χ2v) is 6.21. The van der Waals surface area contributed by atoms with E-state index in [1.165, 1.54) is 24.1 Å². The molecule has 0 spiro atoms. The molecule has 2 aromatic rings. The van der Waals surface area contributed by atoms with Gasteiger partial charge in [0.05, 0.1) is 5.52 Å². The number of fused-ring (bicyclic) bond motifs is 2. The molecule has 96 valence electrons. The summed E-state index contributed by atoms with van der Waals surface area (Å²) in [6.07, 6.45) is 4.56. The number of nitrogens with two attached hydrogens (primary N) is 1. The largest absolute Gasteiger partial charge is 0.398 e. The Kier molecular flexibility index (Phi) is 4.19. The van der Waals surface area contributed by atoms with Gasteiger partial charge in [-0.3, -0.25) is 4.98 Å². The van der Waals surface area contributed by atoms with Gasteiger partial charge in [-0.1, -0.05) is 15.9 Å². The van der Waals surface area contributed by atoms with Crippen molar-refractivity contribution in [3.05, 3.63) is 32.3 Å². The number of anilines is 1. The van der Waals surface area contributed by atoms with Crippen molar-refractivity contribution in [2.45, 2.75) is 25.7 Å². The van der Waals surface area contributed by atoms with Crippen molar-refractivity contribution in [2.75, 3.05) is 5.73 Å². The minimum Gasteiger partial charge on any atom is -0.398 e. The maximum Gasteiger partial charge on any atom is 0.0868 e. The minimum absolute atomic E-state index is 0. The summed E-state index contributed by atoms with van der Waals surface area (Å²) in [5.41, 5.74) is 10.6. The highest BCUT2D eigenvalue weighted by Gasteiger charge is 2.17. The second-order valence-electron chi connectivity index (χ2n) is 4.44. The zero-order chi connectivity index (χ0) is 12.0. The van der Waals surface area contributed by atoms with E-state index in [1.54, 1.807) is 0 Å². The van der Waals surface area contributed by atoms with Crippen LogP contribution in [0.2, 0.25) is 0 Å². The van der Waals surface area contributed by atoms with Crippen molar-refractivity contribution in [2.24, 2.45) is 0 Å². The van der Waals surface area contributed by atoms with Gasteiger partial charge in [-0.05, 0) is 59.3 Å². The summed E-state index contributed by atoms with van der Waals surface area (Å²) < 4.78 is 2.03. The number of aromatic nitrogens is 1. The third-order valence-corrected chi connectivity index (χ3v) is 4.39. The van der Waals surface area contributed by atoms with E-state index in [-0.39, 0.29) is 12.4 Å². The van der Waals surface area contributed by atoms with E-state index >= 15 is 0 Å². The highest BCUT2D eigenvalue weighted by Crippen LogP contribution is 2.35. The van der Waals surface area contributed by atoms with E-state index < -0.39 is 0 Å². The summed E-state index contributed by atoms with van der Waals surface area (Å²) in [5, 5.41) is 1.05. The Morgan fingerprint density at radius 3 is 2.61 bits per heavy atom. The Labute approximate surface area is 129 Å². The average molecular weight is 393 g/mol. The Balaban J connectivity index is 0.00000120. The number of hydrogen-bond donors (Lipinski definition) is 1. The Bertz CT molecular complexity index is 614. The fourth-order valence-corrected chi connectivity index (χ4v) is 3.80. The molecule has 0 bridgehead atoms. The lowest BCUT2D eigenvalue weighted by Gasteiger charge is -2.19. The number of benzene rings is 1. The molecule has 0 atom stereocenters. The van der Waals surface area contributed by atoms with Crippen LogP contribution < -0.4 is 5.73 Å². The van der Waals surface area contributed by atoms with E-state index in [0.29, 0.717) is 0 Å². The first-order valence-corrected chi connectivity index (χ1v) is 7.31. The average Bonchev–Trinajstić information content (AvgIpc) is 2.31. The fraction of sp³-hybridized carbons (Fsp3) is 0.308. The predicted molar refractivity (Wildman–Crippen MR) is 85.4 cm³/mol. The molecular formula is C13H13Br2ClN2. The Morgan fingerprint density at radius 2 is 1.83 bits per heavy atom. The zero-order valence-electron chi connectivity index (χ0n) is 9.67. The second kappa shape index (κ2) is 5.35. The van der Waals surface area contributed by atoms with Crippen LogP contribution in [0.15, 0.2) is 21.1 Å². The van der Waals surface area contributed by atoms with E-state index in [4.69, 9.17) is 10.7 Å². The summed E-state index contributed by atoms with van der Waals surface area (Å²) >= 11 is 7.06. The molecule has 1 heterocycles. The first-order valence-electron chi connectivity index (χ1n) is 5.73. The van der Waals surface area contributed by atoms with Gasteiger partial charge < -0.3 is 5.73 Å². The molecule has 0 unspecified atom stereocenters. The van der Waals surface area contributed by atoms with Crippen molar-refractivity contribution < 1.29 is 0 Å². The van der Waals surface area contributed by atoms with Crippen LogP contribution in [0.3, 0.4) is 0 Å². The van der Waals surface area contributed by atoms with E-state index in [1.807, 2.05) is 6.07 Å². The standard InChI is InChI=1S/C13H12Br2N2.ClH/c14-7-5-9-12(16)8-3-1-2-4-11(8)17-13(9)10(15)6-7;/h5-6H,1-4H2,(H2,16,17);1H. The summed E-state index contributed by atoms with van der Waals surface area (Å²) in [6, 6.07) is 4.07. The van der Waals surface area contributed by atoms with Gasteiger partial charge in [0.1, 0.15) is 0 Å². The van der Waals surface area contributed by atoms with Crippen molar-refractivity contribution in [3.63, 3.8) is 0 Å². The molecule has 0 saturated carbocycles. The van der Waals surface area contributed by atoms with Crippen LogP contribution in [-0.2, 0) is 12.8 Å². The number of hydrogen-bond acceptors (Lipinski definition) is 2. The molecule has 5 heteroatoms. The Morgan fingerprint density at radius 1 is 1.11 bits per heavy atom. The number of pyridine rings is 1. The van der Waals surface area contributed by atoms with Gasteiger partial charge >= 0.3 is 0 Å². The van der Waals surface area contributed by atoms with Gasteiger partial charge in [-0.25, -0.2) is 0 Å². The first-order chi connectivity index (χ1) is 8.16. The van der Waals surface area contributed by atoms with E-state index in [2.05, 4.69) is 37.9 Å². The van der Waals surface area contributed by atoms with E-state index in [0.717, 1.165) is 38.4 Å². The lowest BCUT2D eigenvalue weighted by Crippen LogP contribution is -2.09. The first kappa shape index (κ1) is 14.1. The van der Waals surface area contributed by atoms with Crippen LogP contribution in [-0.4, -0.2) is 4.98 Å². The Hall–Kier alpha value is -0.320. The van der Waals surface area contributed by atoms with E-state index in [9.17, 15) is 0 Å². The fourth-order valence-electron chi connectivity index (χ4n) is 2.49. The monoisotopic (exact) mass is 390 g/mol. The summed E-state index contributed by atoms with van der Waals surface area (Å²) in [6.45, 7) is 0. The molecular weight excluding hydrogens is 379 g/mol. The van der Waals surface area contributed by atoms with Gasteiger partial charge in [-0.15, -0.1) is 12.4 Å². The van der Waals surface area contributed by atoms with Crippen LogP contribution in [0.5, 0.6) is 0 Å². The highest BCUT2D eigenvalue weighted by molar-refractivity contribution is 9.11. The van der Waals surface area contributed by atoms with Crippen molar-refractivity contribution in [1.29, 1.82) is 0 Å². The molecule has 1 aliphatic rings. The predicted octanol–water partition coefficient (Wildman–Crippen LogP) is 4.64. The van der Waals surface area contributed by atoms with Crippen LogP contribution in [0.25, 0.3) is 10.9 Å². The SMILES string of the molecule is Cl.Nc1c2c(nc3c(Br)cc(Br)cc13)CCCC2. The molecule has 1 aromatic heterocycles. The normalized spacial score (nSPS) is 14.1. The maximum atomic E-state index is 6.30. The van der Waals surface area contributed by atoms with Crippen molar-refractivity contribution >= 4 is 60.9 Å². The number of nitrogen functional groups attached to an aromatic ring is 1. The van der Waals surface area contributed by atoms with Crippen LogP contribution in [0, 0.1) is 0 Å². The lowest BCUT2D eigenvalue weighted by molar-refractivity contribution is 0.673. The van der Waals surface area contributed by atoms with Crippen molar-refractivity contribution in [1.82, 2.24) is 4.98 Å². The third-order valence-electron chi connectivity index (χ3n) is 3.33. The van der Waals surface area contributed by atoms with Crippen molar-refractivity contribution in [3.8, 4) is 0 Å². The third kappa shape index (κ3) is 2.26. The molecule has 0 fully saturated rings. The van der Waals surface area contributed by atoms with Crippen LogP contribution in [0.4, 0.5) is 5.69 Å². The number of nitrogens with zero attached hydrogens (tertiary/aromatic N) is 1. The summed E-state index contributed by atoms with van der Waals surface area (Å²) in [5.74, 6) is 0. The molecule has 3 rings (SSSR count). The topological polar surface area (TPSA) is 38.9 Å². The summed E-state index contributed by atoms with van der Waals surface area (Å²) in [4.78, 5) is 4.77. The zero-order valence-corrected chi connectivity index (χ0v) is 13.7. The molecule has 0 aliphatic heterocycles. The number of aryl methyl sites for hydroxylation is 1. The molecule has 2 N–H and O–H groups in total. The molecule has 0 radical (unpaired) electrons. The molecule has 2 nitrogen and oxygen atoms in total. The summed E-state index contributed by atoms with van der Waals surface area (Å²) in [7, 11) is 0. The van der Waals surface area contributed by atoms with Gasteiger partial charge in [0.15, 0.2) is 0 Å². The molecule has 0 saturated heterocycles. The number of rotatable bonds is 0.